The Labute approximate surface area is 797 Å². The average Bonchev–Trinajstić information content (AvgIpc) is 0.790. The molecule has 24 rings (SSSR count). The van der Waals surface area contributed by atoms with E-state index in [9.17, 15) is 0 Å². The lowest BCUT2D eigenvalue weighted by atomic mass is 10.0. The van der Waals surface area contributed by atoms with E-state index in [0.29, 0.717) is 17.5 Å². The summed E-state index contributed by atoms with van der Waals surface area (Å²) in [5.41, 5.74) is 30.6. The number of aromatic nitrogens is 15. The summed E-state index contributed by atoms with van der Waals surface area (Å²) < 4.78 is 0. The minimum Gasteiger partial charge on any atom is -0.254 e. The van der Waals surface area contributed by atoms with Gasteiger partial charge >= 0.3 is 0 Å². The van der Waals surface area contributed by atoms with Crippen molar-refractivity contribution in [2.24, 2.45) is 0 Å². The standard InChI is InChI=1S/3C41H27N5/c1-4-12-28(13-5-1)33-24-38(44-39(25-33)40-34-19-11-10-14-29(34)22-23-42-40)35-21-20-32(27-43-35)41-45-36(30-15-6-2-7-16-30)26-37(46-41)31-17-8-3-9-18-31;1-4-12-28(13-5-1)33-24-39(44-40(25-33)36-23-20-31-18-10-11-19-34(31)43-36)35-22-21-32(27-42-35)41-45-37(29-14-6-2-7-15-29)26-38(46-41)30-16-8-3-9-17-30;1-4-12-28(13-5-1)34-23-39(44-40(24-34)38-22-31-18-10-11-19-32(31)26-43-38)35-21-20-33(27-42-35)41-45-36(29-14-6-2-7-15-29)25-37(46-41)30-16-8-3-9-17-30/h3*1-27H. The summed E-state index contributed by atoms with van der Waals surface area (Å²) >= 11 is 0. The molecule has 0 saturated heterocycles. The van der Waals surface area contributed by atoms with Crippen LogP contribution >= 0.6 is 0 Å². The monoisotopic (exact) mass is 1770 g/mol. The molecule has 0 amide bonds. The fraction of sp³-hybridized carbons (Fsp3) is 0. The third kappa shape index (κ3) is 19.0. The zero-order valence-electron chi connectivity index (χ0n) is 74.5. The van der Waals surface area contributed by atoms with Crippen LogP contribution in [0, 0.1) is 0 Å². The van der Waals surface area contributed by atoms with Gasteiger partial charge < -0.3 is 0 Å². The first kappa shape index (κ1) is 84.5. The molecule has 24 aromatic rings. The SMILES string of the molecule is c1ccc(-c2cc(-c3ccc(-c4nc(-c5ccccc5)cc(-c5ccccc5)n4)cn3)nc(-c3cc4ccccc4cn3)c2)cc1.c1ccc(-c2cc(-c3ccc(-c4nc(-c5ccccc5)cc(-c5ccccc5)n4)cn3)nc(-c3ccc4ccccc4n3)c2)cc1.c1ccc(-c2cc(-c3ccc(-c4nc(-c5ccccc5)cc(-c5ccccc5)n4)cn3)nc(-c3nccc4ccccc34)c2)cc1. The molecule has 12 heterocycles. The van der Waals surface area contributed by atoms with E-state index in [4.69, 9.17) is 74.8 Å². The molecule has 0 N–H and O–H groups in total. The highest BCUT2D eigenvalue weighted by molar-refractivity contribution is 5.95. The van der Waals surface area contributed by atoms with Crippen molar-refractivity contribution in [3.8, 4) is 203 Å². The molecule has 0 bridgehead atoms. The number of para-hydroxylation sites is 1. The summed E-state index contributed by atoms with van der Waals surface area (Å²) in [6, 6.07) is 156. The van der Waals surface area contributed by atoms with Crippen molar-refractivity contribution < 1.29 is 0 Å². The number of rotatable bonds is 18. The summed E-state index contributed by atoms with van der Waals surface area (Å²) in [5, 5.41) is 5.49. The molecule has 12 aromatic carbocycles. The normalized spacial score (nSPS) is 11.0. The van der Waals surface area contributed by atoms with Gasteiger partial charge in [0.15, 0.2) is 17.5 Å². The lowest BCUT2D eigenvalue weighted by molar-refractivity contribution is 1.17. The molecule has 0 saturated carbocycles. The van der Waals surface area contributed by atoms with Gasteiger partial charge in [0.05, 0.1) is 108 Å². The molecule has 0 aliphatic heterocycles. The molecule has 0 unspecified atom stereocenters. The van der Waals surface area contributed by atoms with Gasteiger partial charge in [-0.25, -0.2) is 49.8 Å². The van der Waals surface area contributed by atoms with Gasteiger partial charge in [-0.2, -0.15) is 0 Å². The van der Waals surface area contributed by atoms with Gasteiger partial charge in [-0.3, -0.25) is 24.9 Å². The Morgan fingerprint density at radius 3 is 0.768 bits per heavy atom. The molecular weight excluding hydrogens is 1690 g/mol. The Morgan fingerprint density at radius 2 is 0.406 bits per heavy atom. The zero-order valence-corrected chi connectivity index (χ0v) is 74.5. The van der Waals surface area contributed by atoms with E-state index in [-0.39, 0.29) is 0 Å². The first-order chi connectivity index (χ1) is 68.3. The van der Waals surface area contributed by atoms with Gasteiger partial charge in [0.2, 0.25) is 0 Å². The molecule has 0 aliphatic rings. The van der Waals surface area contributed by atoms with Crippen LogP contribution in [-0.2, 0) is 0 Å². The van der Waals surface area contributed by atoms with Gasteiger partial charge in [0.25, 0.3) is 0 Å². The van der Waals surface area contributed by atoms with Gasteiger partial charge in [0.1, 0.15) is 0 Å². The second-order valence-corrected chi connectivity index (χ2v) is 33.0. The maximum Gasteiger partial charge on any atom is 0.161 e. The molecule has 0 atom stereocenters. The summed E-state index contributed by atoms with van der Waals surface area (Å²) in [7, 11) is 0. The van der Waals surface area contributed by atoms with E-state index >= 15 is 0 Å². The van der Waals surface area contributed by atoms with Gasteiger partial charge in [-0.15, -0.1) is 0 Å². The molecule has 0 spiro atoms. The minimum atomic E-state index is 0.617. The Balaban J connectivity index is 0.000000119. The zero-order chi connectivity index (χ0) is 92.1. The topological polar surface area (TPSA) is 193 Å². The smallest absolute Gasteiger partial charge is 0.161 e. The maximum atomic E-state index is 5.10. The van der Waals surface area contributed by atoms with E-state index < -0.39 is 0 Å². The van der Waals surface area contributed by atoms with Crippen LogP contribution in [0.25, 0.3) is 236 Å². The average molecular weight is 1770 g/mol. The van der Waals surface area contributed by atoms with Gasteiger partial charge in [0, 0.05) is 97.2 Å². The molecular formula is C123H81N15. The summed E-state index contributed by atoms with van der Waals surface area (Å²) in [6.07, 6.45) is 9.25. The molecule has 0 aliphatic carbocycles. The van der Waals surface area contributed by atoms with Crippen molar-refractivity contribution in [1.82, 2.24) is 74.8 Å². The van der Waals surface area contributed by atoms with Crippen molar-refractivity contribution in [1.29, 1.82) is 0 Å². The van der Waals surface area contributed by atoms with E-state index in [2.05, 4.69) is 188 Å². The molecule has 0 radical (unpaired) electrons. The summed E-state index contributed by atoms with van der Waals surface area (Å²) in [5.74, 6) is 1.85. The number of nitrogens with zero attached hydrogens (tertiary/aromatic N) is 15. The number of hydrogen-bond acceptors (Lipinski definition) is 15. The predicted octanol–water partition coefficient (Wildman–Crippen LogP) is 29.5. The van der Waals surface area contributed by atoms with Gasteiger partial charge in [-0.05, 0) is 159 Å². The predicted molar refractivity (Wildman–Crippen MR) is 557 cm³/mol. The van der Waals surface area contributed by atoms with E-state index in [0.717, 1.165) is 218 Å². The third-order valence-corrected chi connectivity index (χ3v) is 23.9. The highest BCUT2D eigenvalue weighted by Gasteiger charge is 2.21. The number of fused-ring (bicyclic) bond motifs is 3. The van der Waals surface area contributed by atoms with Crippen LogP contribution in [0.5, 0.6) is 0 Å². The minimum absolute atomic E-state index is 0.617. The summed E-state index contributed by atoms with van der Waals surface area (Å²) in [4.78, 5) is 74.1. The molecule has 15 heteroatoms. The Hall–Kier alpha value is -19.0. The first-order valence-corrected chi connectivity index (χ1v) is 45.5. The van der Waals surface area contributed by atoms with Crippen LogP contribution in [0.2, 0.25) is 0 Å². The van der Waals surface area contributed by atoms with Crippen molar-refractivity contribution in [3.05, 3.63) is 492 Å². The van der Waals surface area contributed by atoms with Crippen LogP contribution < -0.4 is 0 Å². The Morgan fingerprint density at radius 1 is 0.123 bits per heavy atom. The molecule has 12 aromatic heterocycles. The Kier molecular flexibility index (Phi) is 24.0. The fourth-order valence-electron chi connectivity index (χ4n) is 16.8. The van der Waals surface area contributed by atoms with Crippen LogP contribution in [0.1, 0.15) is 0 Å². The molecule has 648 valence electrons. The van der Waals surface area contributed by atoms with Crippen molar-refractivity contribution in [2.75, 3.05) is 0 Å². The highest BCUT2D eigenvalue weighted by atomic mass is 14.9. The lowest BCUT2D eigenvalue weighted by Gasteiger charge is -2.12. The van der Waals surface area contributed by atoms with E-state index in [1.807, 2.05) is 304 Å². The van der Waals surface area contributed by atoms with E-state index in [1.54, 1.807) is 0 Å². The number of pyridine rings is 9. The van der Waals surface area contributed by atoms with Crippen LogP contribution in [0.4, 0.5) is 0 Å². The number of benzene rings is 12. The Bertz CT molecular complexity index is 7920. The third-order valence-electron chi connectivity index (χ3n) is 23.9. The second kappa shape index (κ2) is 39.2. The fourth-order valence-corrected chi connectivity index (χ4v) is 16.8. The number of hydrogen-bond donors (Lipinski definition) is 0. The summed E-state index contributed by atoms with van der Waals surface area (Å²) in [6.45, 7) is 0. The second-order valence-electron chi connectivity index (χ2n) is 33.0. The maximum absolute atomic E-state index is 5.10. The van der Waals surface area contributed by atoms with Crippen LogP contribution in [-0.4, -0.2) is 74.8 Å². The van der Waals surface area contributed by atoms with E-state index in [1.165, 1.54) is 0 Å². The van der Waals surface area contributed by atoms with Crippen LogP contribution in [0.15, 0.2) is 492 Å². The largest absolute Gasteiger partial charge is 0.254 e. The highest BCUT2D eigenvalue weighted by Crippen LogP contribution is 2.39. The molecule has 15 nitrogen and oxygen atoms in total. The molecule has 0 fully saturated rings. The quantitative estimate of drug-likeness (QED) is 0.0787. The van der Waals surface area contributed by atoms with Crippen molar-refractivity contribution in [3.63, 3.8) is 0 Å². The van der Waals surface area contributed by atoms with Crippen LogP contribution in [0.3, 0.4) is 0 Å². The van der Waals surface area contributed by atoms with Gasteiger partial charge in [-0.1, -0.05) is 346 Å². The van der Waals surface area contributed by atoms with Crippen molar-refractivity contribution in [2.45, 2.75) is 0 Å². The van der Waals surface area contributed by atoms with Crippen molar-refractivity contribution >= 4 is 32.4 Å². The first-order valence-electron chi connectivity index (χ1n) is 45.5. The molecule has 138 heavy (non-hydrogen) atoms. The lowest BCUT2D eigenvalue weighted by Crippen LogP contribution is -1.97.